The van der Waals surface area contributed by atoms with Crippen LogP contribution in [0.15, 0.2) is 9.52 Å². The van der Waals surface area contributed by atoms with Gasteiger partial charge in [-0.25, -0.2) is 0 Å². The molecule has 122 valence electrons. The Labute approximate surface area is 144 Å². The summed E-state index contributed by atoms with van der Waals surface area (Å²) in [6, 6.07) is 0. The van der Waals surface area contributed by atoms with Gasteiger partial charge in [0, 0.05) is 26.6 Å². The first-order chi connectivity index (χ1) is 9.61. The van der Waals surface area contributed by atoms with E-state index in [9.17, 15) is 0 Å². The minimum absolute atomic E-state index is 0. The van der Waals surface area contributed by atoms with Gasteiger partial charge in [0.2, 0.25) is 5.89 Å². The predicted molar refractivity (Wildman–Crippen MR) is 96.2 cm³/mol. The van der Waals surface area contributed by atoms with Gasteiger partial charge < -0.3 is 15.2 Å². The maximum atomic E-state index is 5.05. The maximum absolute atomic E-state index is 5.05. The lowest BCUT2D eigenvalue weighted by atomic mass is 10.1. The first-order valence-corrected chi connectivity index (χ1v) is 7.35. The number of hydrogen-bond acceptors (Lipinski definition) is 4. The van der Waals surface area contributed by atoms with Crippen LogP contribution < -0.4 is 10.6 Å². The molecule has 0 atom stereocenters. The van der Waals surface area contributed by atoms with E-state index in [1.807, 2.05) is 6.92 Å². The topological polar surface area (TPSA) is 75.3 Å². The molecule has 0 amide bonds. The van der Waals surface area contributed by atoms with Crippen molar-refractivity contribution >= 4 is 29.9 Å². The Morgan fingerprint density at radius 3 is 2.52 bits per heavy atom. The molecule has 0 saturated carbocycles. The highest BCUT2D eigenvalue weighted by molar-refractivity contribution is 14.0. The van der Waals surface area contributed by atoms with Crippen LogP contribution in [0, 0.1) is 12.8 Å². The summed E-state index contributed by atoms with van der Waals surface area (Å²) in [6.45, 7) is 8.01. The Hall–Kier alpha value is -0.860. The number of nitrogens with zero attached hydrogens (tertiary/aromatic N) is 3. The minimum Gasteiger partial charge on any atom is -0.356 e. The van der Waals surface area contributed by atoms with Gasteiger partial charge in [0.15, 0.2) is 11.8 Å². The molecule has 0 aliphatic rings. The van der Waals surface area contributed by atoms with E-state index in [1.54, 1.807) is 7.05 Å². The monoisotopic (exact) mass is 409 g/mol. The summed E-state index contributed by atoms with van der Waals surface area (Å²) in [5.74, 6) is 2.94. The second-order valence-electron chi connectivity index (χ2n) is 5.30. The Kier molecular flexibility index (Phi) is 11.3. The average molecular weight is 409 g/mol. The second-order valence-corrected chi connectivity index (χ2v) is 5.30. The summed E-state index contributed by atoms with van der Waals surface area (Å²) >= 11 is 0. The van der Waals surface area contributed by atoms with Crippen molar-refractivity contribution in [3.63, 3.8) is 0 Å². The van der Waals surface area contributed by atoms with Crippen LogP contribution in [0.3, 0.4) is 0 Å². The fourth-order valence-corrected chi connectivity index (χ4v) is 1.83. The number of hydrogen-bond donors (Lipinski definition) is 2. The largest absolute Gasteiger partial charge is 0.356 e. The number of rotatable bonds is 8. The number of nitrogens with one attached hydrogen (secondary N) is 2. The first kappa shape index (κ1) is 20.1. The van der Waals surface area contributed by atoms with Gasteiger partial charge in [-0.15, -0.1) is 24.0 Å². The molecule has 1 heterocycles. The molecule has 0 aliphatic carbocycles. The van der Waals surface area contributed by atoms with E-state index >= 15 is 0 Å². The number of aryl methyl sites for hydroxylation is 1. The molecule has 2 N–H and O–H groups in total. The van der Waals surface area contributed by atoms with Crippen LogP contribution in [0.5, 0.6) is 0 Å². The van der Waals surface area contributed by atoms with Gasteiger partial charge in [0.1, 0.15) is 0 Å². The van der Waals surface area contributed by atoms with Crippen LogP contribution in [0.25, 0.3) is 0 Å². The zero-order valence-corrected chi connectivity index (χ0v) is 15.8. The predicted octanol–water partition coefficient (Wildman–Crippen LogP) is 2.53. The molecule has 0 spiro atoms. The van der Waals surface area contributed by atoms with Gasteiger partial charge in [-0.1, -0.05) is 31.8 Å². The van der Waals surface area contributed by atoms with Gasteiger partial charge >= 0.3 is 0 Å². The van der Waals surface area contributed by atoms with Crippen LogP contribution in [-0.2, 0) is 6.42 Å². The van der Waals surface area contributed by atoms with Gasteiger partial charge in [0.05, 0.1) is 0 Å². The molecule has 0 bridgehead atoms. The van der Waals surface area contributed by atoms with Gasteiger partial charge in [-0.3, -0.25) is 4.99 Å². The van der Waals surface area contributed by atoms with Crippen molar-refractivity contribution < 1.29 is 4.52 Å². The van der Waals surface area contributed by atoms with Crippen molar-refractivity contribution in [1.29, 1.82) is 0 Å². The normalized spacial score (nSPS) is 11.4. The van der Waals surface area contributed by atoms with Crippen molar-refractivity contribution in [1.82, 2.24) is 20.8 Å². The maximum Gasteiger partial charge on any atom is 0.228 e. The van der Waals surface area contributed by atoms with Crippen LogP contribution in [0.1, 0.15) is 44.8 Å². The van der Waals surface area contributed by atoms with E-state index in [2.05, 4.69) is 39.6 Å². The Balaban J connectivity index is 0.00000400. The number of guanidine groups is 1. The average Bonchev–Trinajstić information content (AvgIpc) is 2.81. The SMILES string of the molecule is CN=C(NCCCCC(C)C)NCCc1nc(C)no1.I. The number of unbranched alkanes of at least 4 members (excludes halogenated alkanes) is 1. The summed E-state index contributed by atoms with van der Waals surface area (Å²) in [5.41, 5.74) is 0. The Morgan fingerprint density at radius 1 is 1.24 bits per heavy atom. The second kappa shape index (κ2) is 11.8. The van der Waals surface area contributed by atoms with Crippen molar-refractivity contribution in [2.75, 3.05) is 20.1 Å². The molecule has 0 radical (unpaired) electrons. The Morgan fingerprint density at radius 2 is 1.95 bits per heavy atom. The molecular weight excluding hydrogens is 381 g/mol. The third-order valence-electron chi connectivity index (χ3n) is 2.93. The van der Waals surface area contributed by atoms with E-state index in [0.29, 0.717) is 18.1 Å². The summed E-state index contributed by atoms with van der Waals surface area (Å²) in [5, 5.41) is 10.3. The fourth-order valence-electron chi connectivity index (χ4n) is 1.83. The molecule has 0 saturated heterocycles. The summed E-state index contributed by atoms with van der Waals surface area (Å²) in [7, 11) is 1.78. The lowest BCUT2D eigenvalue weighted by Crippen LogP contribution is -2.38. The van der Waals surface area contributed by atoms with Crippen LogP contribution >= 0.6 is 24.0 Å². The van der Waals surface area contributed by atoms with Crippen molar-refractivity contribution in [3.05, 3.63) is 11.7 Å². The third-order valence-corrected chi connectivity index (χ3v) is 2.93. The molecule has 21 heavy (non-hydrogen) atoms. The number of halogens is 1. The van der Waals surface area contributed by atoms with Crippen LogP contribution in [0.2, 0.25) is 0 Å². The van der Waals surface area contributed by atoms with Crippen molar-refractivity contribution in [2.45, 2.75) is 46.5 Å². The van der Waals surface area contributed by atoms with E-state index in [1.165, 1.54) is 19.3 Å². The van der Waals surface area contributed by atoms with Gasteiger partial charge in [-0.05, 0) is 19.3 Å². The van der Waals surface area contributed by atoms with E-state index in [-0.39, 0.29) is 24.0 Å². The minimum atomic E-state index is 0. The summed E-state index contributed by atoms with van der Waals surface area (Å²) in [6.07, 6.45) is 4.41. The molecule has 7 heteroatoms. The number of aliphatic imine (C=N–C) groups is 1. The van der Waals surface area contributed by atoms with Crippen molar-refractivity contribution in [3.8, 4) is 0 Å². The smallest absolute Gasteiger partial charge is 0.228 e. The highest BCUT2D eigenvalue weighted by atomic mass is 127. The van der Waals surface area contributed by atoms with Crippen molar-refractivity contribution in [2.24, 2.45) is 10.9 Å². The van der Waals surface area contributed by atoms with Gasteiger partial charge in [-0.2, -0.15) is 4.98 Å². The first-order valence-electron chi connectivity index (χ1n) is 7.35. The lowest BCUT2D eigenvalue weighted by molar-refractivity contribution is 0.374. The zero-order chi connectivity index (χ0) is 14.8. The lowest BCUT2D eigenvalue weighted by Gasteiger charge is -2.11. The highest BCUT2D eigenvalue weighted by Gasteiger charge is 2.03. The Bertz CT molecular complexity index is 406. The quantitative estimate of drug-likeness (QED) is 0.299. The molecule has 6 nitrogen and oxygen atoms in total. The summed E-state index contributed by atoms with van der Waals surface area (Å²) < 4.78 is 5.05. The highest BCUT2D eigenvalue weighted by Crippen LogP contribution is 2.04. The van der Waals surface area contributed by atoms with E-state index < -0.39 is 0 Å². The molecule has 0 aromatic carbocycles. The molecule has 1 aromatic rings. The molecule has 1 rings (SSSR count). The van der Waals surface area contributed by atoms with Crippen LogP contribution in [-0.4, -0.2) is 36.2 Å². The molecular formula is C14H28IN5O. The van der Waals surface area contributed by atoms with E-state index in [4.69, 9.17) is 4.52 Å². The summed E-state index contributed by atoms with van der Waals surface area (Å²) in [4.78, 5) is 8.34. The number of aromatic nitrogens is 2. The van der Waals surface area contributed by atoms with Crippen LogP contribution in [0.4, 0.5) is 0 Å². The standard InChI is InChI=1S/C14H27N5O.HI/c1-11(2)7-5-6-9-16-14(15-4)17-10-8-13-18-12(3)19-20-13;/h11H,5-10H2,1-4H3,(H2,15,16,17);1H. The molecule has 0 unspecified atom stereocenters. The molecule has 1 aromatic heterocycles. The molecule has 0 aliphatic heterocycles. The zero-order valence-electron chi connectivity index (χ0n) is 13.5. The van der Waals surface area contributed by atoms with Gasteiger partial charge in [0.25, 0.3) is 0 Å². The third kappa shape index (κ3) is 9.65. The molecule has 0 fully saturated rings. The fraction of sp³-hybridized carbons (Fsp3) is 0.786. The van der Waals surface area contributed by atoms with E-state index in [0.717, 1.165) is 25.0 Å².